The highest BCUT2D eigenvalue weighted by Gasteiger charge is 2.15. The van der Waals surface area contributed by atoms with Crippen molar-refractivity contribution in [2.24, 2.45) is 0 Å². The molecule has 0 radical (unpaired) electrons. The lowest BCUT2D eigenvalue weighted by Crippen LogP contribution is -2.02. The minimum atomic E-state index is -0.450. The standard InChI is InChI=1S/C25H29BrO4/c26-14-10-5-3-1-2-4-6-11-15-29-22-16-20(27)17-23-25(22)21(18-24(28)30-23)19-12-8-7-9-13-19/h7-9,12-13,16-18,27H,1-6,10-11,14-15H2. The fourth-order valence-electron chi connectivity index (χ4n) is 3.65. The Kier molecular flexibility index (Phi) is 8.81. The molecule has 0 amide bonds. The van der Waals surface area contributed by atoms with Crippen molar-refractivity contribution >= 4 is 26.9 Å². The molecule has 0 bridgehead atoms. The van der Waals surface area contributed by atoms with E-state index in [0.29, 0.717) is 23.3 Å². The van der Waals surface area contributed by atoms with Gasteiger partial charge in [-0.05, 0) is 18.4 Å². The molecule has 0 aliphatic rings. The highest BCUT2D eigenvalue weighted by Crippen LogP contribution is 2.37. The van der Waals surface area contributed by atoms with E-state index in [1.54, 1.807) is 6.07 Å². The summed E-state index contributed by atoms with van der Waals surface area (Å²) in [4.78, 5) is 12.1. The first kappa shape index (κ1) is 22.4. The Morgan fingerprint density at radius 1 is 0.867 bits per heavy atom. The number of hydrogen-bond acceptors (Lipinski definition) is 4. The van der Waals surface area contributed by atoms with Gasteiger partial charge in [-0.15, -0.1) is 0 Å². The topological polar surface area (TPSA) is 59.7 Å². The molecule has 0 fully saturated rings. The number of fused-ring (bicyclic) bond motifs is 1. The predicted molar refractivity (Wildman–Crippen MR) is 126 cm³/mol. The molecule has 2 aromatic carbocycles. The van der Waals surface area contributed by atoms with Crippen LogP contribution in [0.1, 0.15) is 51.4 Å². The Hall–Kier alpha value is -2.27. The molecule has 3 aromatic rings. The van der Waals surface area contributed by atoms with E-state index in [0.717, 1.165) is 29.3 Å². The summed E-state index contributed by atoms with van der Waals surface area (Å²) in [7, 11) is 0. The van der Waals surface area contributed by atoms with Gasteiger partial charge in [0.15, 0.2) is 0 Å². The largest absolute Gasteiger partial charge is 0.508 e. The van der Waals surface area contributed by atoms with Crippen molar-refractivity contribution in [3.63, 3.8) is 0 Å². The zero-order valence-electron chi connectivity index (χ0n) is 17.2. The predicted octanol–water partition coefficient (Wildman–Crippen LogP) is 7.06. The average Bonchev–Trinajstić information content (AvgIpc) is 2.74. The maximum atomic E-state index is 12.1. The fourth-order valence-corrected chi connectivity index (χ4v) is 4.04. The smallest absolute Gasteiger partial charge is 0.336 e. The van der Waals surface area contributed by atoms with Crippen molar-refractivity contribution in [3.8, 4) is 22.6 Å². The van der Waals surface area contributed by atoms with E-state index >= 15 is 0 Å². The summed E-state index contributed by atoms with van der Waals surface area (Å²) < 4.78 is 11.4. The molecule has 0 saturated heterocycles. The first-order chi connectivity index (χ1) is 14.7. The molecule has 0 aliphatic carbocycles. The van der Waals surface area contributed by atoms with Crippen LogP contribution >= 0.6 is 15.9 Å². The lowest BCUT2D eigenvalue weighted by atomic mass is 10.0. The lowest BCUT2D eigenvalue weighted by Gasteiger charge is -2.13. The quantitative estimate of drug-likeness (QED) is 0.174. The number of aromatic hydroxyl groups is 1. The maximum Gasteiger partial charge on any atom is 0.336 e. The molecular weight excluding hydrogens is 444 g/mol. The van der Waals surface area contributed by atoms with Crippen LogP contribution < -0.4 is 10.4 Å². The van der Waals surface area contributed by atoms with Crippen molar-refractivity contribution in [2.75, 3.05) is 11.9 Å². The lowest BCUT2D eigenvalue weighted by molar-refractivity contribution is 0.306. The Morgan fingerprint density at radius 2 is 1.53 bits per heavy atom. The number of alkyl halides is 1. The summed E-state index contributed by atoms with van der Waals surface area (Å²) in [5, 5.41) is 11.9. The van der Waals surface area contributed by atoms with E-state index in [1.165, 1.54) is 50.7 Å². The summed E-state index contributed by atoms with van der Waals surface area (Å²) in [6, 6.07) is 14.2. The van der Waals surface area contributed by atoms with Gasteiger partial charge in [0.05, 0.1) is 12.0 Å². The van der Waals surface area contributed by atoms with E-state index in [-0.39, 0.29) is 5.75 Å². The van der Waals surface area contributed by atoms with E-state index in [2.05, 4.69) is 15.9 Å². The van der Waals surface area contributed by atoms with Gasteiger partial charge in [-0.25, -0.2) is 4.79 Å². The van der Waals surface area contributed by atoms with Crippen molar-refractivity contribution in [1.29, 1.82) is 0 Å². The van der Waals surface area contributed by atoms with Crippen molar-refractivity contribution in [1.82, 2.24) is 0 Å². The van der Waals surface area contributed by atoms with Crippen LogP contribution in [0.4, 0.5) is 0 Å². The first-order valence-corrected chi connectivity index (χ1v) is 11.9. The Bertz CT molecular complexity index is 982. The zero-order chi connectivity index (χ0) is 21.2. The number of ether oxygens (including phenoxy) is 1. The third-order valence-electron chi connectivity index (χ3n) is 5.16. The number of unbranched alkanes of at least 4 members (excludes halogenated alkanes) is 7. The van der Waals surface area contributed by atoms with Gasteiger partial charge in [-0.3, -0.25) is 0 Å². The summed E-state index contributed by atoms with van der Waals surface area (Å²) in [6.07, 6.45) is 9.72. The van der Waals surface area contributed by atoms with Crippen LogP contribution in [0.2, 0.25) is 0 Å². The third kappa shape index (κ3) is 6.36. The summed E-state index contributed by atoms with van der Waals surface area (Å²) in [6.45, 7) is 0.565. The highest BCUT2D eigenvalue weighted by molar-refractivity contribution is 9.09. The summed E-state index contributed by atoms with van der Waals surface area (Å²) in [5.41, 5.74) is 1.54. The minimum Gasteiger partial charge on any atom is -0.508 e. The number of hydrogen-bond donors (Lipinski definition) is 1. The second kappa shape index (κ2) is 11.8. The molecule has 160 valence electrons. The molecule has 1 N–H and O–H groups in total. The molecule has 0 aliphatic heterocycles. The molecule has 3 rings (SSSR count). The van der Waals surface area contributed by atoms with E-state index in [4.69, 9.17) is 9.15 Å². The summed E-state index contributed by atoms with van der Waals surface area (Å²) in [5.74, 6) is 0.566. The molecule has 0 spiro atoms. The van der Waals surface area contributed by atoms with Gasteiger partial charge in [0.1, 0.15) is 17.1 Å². The molecule has 5 heteroatoms. The Morgan fingerprint density at radius 3 is 2.23 bits per heavy atom. The number of halogens is 1. The monoisotopic (exact) mass is 472 g/mol. The highest BCUT2D eigenvalue weighted by atomic mass is 79.9. The van der Waals surface area contributed by atoms with Gasteiger partial charge in [-0.2, -0.15) is 0 Å². The molecule has 1 heterocycles. The van der Waals surface area contributed by atoms with Crippen LogP contribution in [0.15, 0.2) is 57.7 Å². The fraction of sp³-hybridized carbons (Fsp3) is 0.400. The van der Waals surface area contributed by atoms with Crippen LogP contribution in [0.25, 0.3) is 22.1 Å². The van der Waals surface area contributed by atoms with Crippen molar-refractivity contribution < 1.29 is 14.3 Å². The molecule has 4 nitrogen and oxygen atoms in total. The van der Waals surface area contributed by atoms with Gasteiger partial charge in [0.25, 0.3) is 0 Å². The van der Waals surface area contributed by atoms with Crippen LogP contribution in [0.3, 0.4) is 0 Å². The molecular formula is C25H29BrO4. The first-order valence-electron chi connectivity index (χ1n) is 10.7. The van der Waals surface area contributed by atoms with Crippen molar-refractivity contribution in [2.45, 2.75) is 51.4 Å². The second-order valence-corrected chi connectivity index (χ2v) is 8.32. The SMILES string of the molecule is O=c1cc(-c2ccccc2)c2c(OCCCCCCCCCCBr)cc(O)cc2o1. The van der Waals surface area contributed by atoms with Crippen LogP contribution in [0.5, 0.6) is 11.5 Å². The Labute approximate surface area is 186 Å². The molecule has 1 aromatic heterocycles. The van der Waals surface area contributed by atoms with Gasteiger partial charge in [-0.1, -0.05) is 84.8 Å². The van der Waals surface area contributed by atoms with Crippen LogP contribution in [-0.2, 0) is 0 Å². The maximum absolute atomic E-state index is 12.1. The van der Waals surface area contributed by atoms with E-state index < -0.39 is 5.63 Å². The Balaban J connectivity index is 1.65. The normalized spacial score (nSPS) is 11.1. The molecule has 0 atom stereocenters. The third-order valence-corrected chi connectivity index (χ3v) is 5.72. The van der Waals surface area contributed by atoms with E-state index in [1.807, 2.05) is 30.3 Å². The van der Waals surface area contributed by atoms with Gasteiger partial charge in [0, 0.05) is 29.1 Å². The van der Waals surface area contributed by atoms with Gasteiger partial charge < -0.3 is 14.3 Å². The zero-order valence-corrected chi connectivity index (χ0v) is 18.8. The minimum absolute atomic E-state index is 0.0225. The van der Waals surface area contributed by atoms with Gasteiger partial charge >= 0.3 is 5.63 Å². The molecule has 0 unspecified atom stereocenters. The van der Waals surface area contributed by atoms with Crippen LogP contribution in [-0.4, -0.2) is 17.0 Å². The molecule has 30 heavy (non-hydrogen) atoms. The van der Waals surface area contributed by atoms with E-state index in [9.17, 15) is 9.90 Å². The van der Waals surface area contributed by atoms with Gasteiger partial charge in [0.2, 0.25) is 0 Å². The average molecular weight is 473 g/mol. The van der Waals surface area contributed by atoms with Crippen molar-refractivity contribution in [3.05, 3.63) is 59.0 Å². The number of benzene rings is 2. The second-order valence-electron chi connectivity index (χ2n) is 7.53. The molecule has 0 saturated carbocycles. The van der Waals surface area contributed by atoms with Crippen LogP contribution in [0, 0.1) is 0 Å². The summed E-state index contributed by atoms with van der Waals surface area (Å²) >= 11 is 3.47. The number of phenols is 1. The number of phenolic OH excluding ortho intramolecular Hbond substituents is 1. The number of rotatable bonds is 12.